The number of nitrogens with zero attached hydrogens (tertiary/aromatic N) is 2. The number of benzene rings is 2. The number of thiol groups is 4. The van der Waals surface area contributed by atoms with Crippen LogP contribution in [0.5, 0.6) is 11.5 Å². The van der Waals surface area contributed by atoms with Gasteiger partial charge in [0.25, 0.3) is 0 Å². The highest BCUT2D eigenvalue weighted by Crippen LogP contribution is 2.26. The second kappa shape index (κ2) is 18.0. The zero-order valence-electron chi connectivity index (χ0n) is 23.0. The Morgan fingerprint density at radius 3 is 1.23 bits per heavy atom. The number of rotatable bonds is 18. The van der Waals surface area contributed by atoms with E-state index in [1.165, 1.54) is 0 Å². The third-order valence-electron chi connectivity index (χ3n) is 6.85. The zero-order valence-corrected chi connectivity index (χ0v) is 26.6. The average Bonchev–Trinajstić information content (AvgIpc) is 2.97. The number of piperazine rings is 1. The summed E-state index contributed by atoms with van der Waals surface area (Å²) in [4.78, 5) is 31.6. The van der Waals surface area contributed by atoms with Crippen LogP contribution in [-0.2, 0) is 22.4 Å². The second-order valence-electron chi connectivity index (χ2n) is 9.80. The molecule has 1 saturated heterocycles. The standard InChI is InChI=1S/C30H42N2O4S4/c33-29-28(22-24-7-11-26(12-8-24)36-16-4-20-40)32(14-2-18-38)30(34)27(31(29)13-1-17-37)21-23-5-9-25(10-6-23)35-15-3-19-39/h5-12,27-28,37-40H,1-4,13-22H2/t27-,28-/m0/s1. The first kappa shape index (κ1) is 32.9. The Morgan fingerprint density at radius 2 is 0.900 bits per heavy atom. The maximum Gasteiger partial charge on any atom is 0.246 e. The van der Waals surface area contributed by atoms with Crippen molar-refractivity contribution in [2.75, 3.05) is 49.3 Å². The van der Waals surface area contributed by atoms with Gasteiger partial charge in [0.1, 0.15) is 23.6 Å². The van der Waals surface area contributed by atoms with Crippen LogP contribution in [0.2, 0.25) is 0 Å². The molecule has 1 aliphatic heterocycles. The summed E-state index contributed by atoms with van der Waals surface area (Å²) in [5.74, 6) is 4.41. The molecule has 2 aromatic rings. The fourth-order valence-corrected chi connectivity index (χ4v) is 5.31. The Morgan fingerprint density at radius 1 is 0.550 bits per heavy atom. The van der Waals surface area contributed by atoms with Gasteiger partial charge in [-0.2, -0.15) is 50.5 Å². The molecule has 3 rings (SSSR count). The minimum absolute atomic E-state index is 0.00800. The zero-order chi connectivity index (χ0) is 28.7. The Kier molecular flexibility index (Phi) is 14.8. The van der Waals surface area contributed by atoms with Crippen LogP contribution < -0.4 is 9.47 Å². The van der Waals surface area contributed by atoms with Crippen LogP contribution in [0.4, 0.5) is 0 Å². The Hall–Kier alpha value is -1.62. The summed E-state index contributed by atoms with van der Waals surface area (Å²) in [6.07, 6.45) is 4.10. The van der Waals surface area contributed by atoms with Gasteiger partial charge in [-0.05, 0) is 84.1 Å². The van der Waals surface area contributed by atoms with E-state index in [1.807, 2.05) is 48.5 Å². The Labute approximate surface area is 261 Å². The molecule has 0 N–H and O–H groups in total. The summed E-state index contributed by atoms with van der Waals surface area (Å²) < 4.78 is 11.5. The van der Waals surface area contributed by atoms with E-state index < -0.39 is 12.1 Å². The molecule has 0 aromatic heterocycles. The lowest BCUT2D eigenvalue weighted by molar-refractivity contribution is -0.161. The lowest BCUT2D eigenvalue weighted by atomic mass is 9.94. The van der Waals surface area contributed by atoms with Gasteiger partial charge in [0.15, 0.2) is 0 Å². The molecule has 2 amide bonds. The molecule has 2 atom stereocenters. The highest BCUT2D eigenvalue weighted by atomic mass is 32.1. The summed E-state index contributed by atoms with van der Waals surface area (Å²) in [6, 6.07) is 14.5. The van der Waals surface area contributed by atoms with Crippen molar-refractivity contribution in [2.24, 2.45) is 0 Å². The van der Waals surface area contributed by atoms with Crippen molar-refractivity contribution in [1.29, 1.82) is 0 Å². The third kappa shape index (κ3) is 9.74. The molecule has 0 aliphatic carbocycles. The van der Waals surface area contributed by atoms with Crippen LogP contribution in [0.1, 0.15) is 36.8 Å². The number of hydrogen-bond acceptors (Lipinski definition) is 8. The molecule has 40 heavy (non-hydrogen) atoms. The van der Waals surface area contributed by atoms with Gasteiger partial charge < -0.3 is 19.3 Å². The molecule has 1 heterocycles. The highest BCUT2D eigenvalue weighted by molar-refractivity contribution is 7.80. The molecule has 1 fully saturated rings. The Bertz CT molecular complexity index is 956. The van der Waals surface area contributed by atoms with Gasteiger partial charge in [0.2, 0.25) is 11.8 Å². The van der Waals surface area contributed by atoms with Gasteiger partial charge in [0.05, 0.1) is 13.2 Å². The first-order valence-electron chi connectivity index (χ1n) is 14.0. The minimum atomic E-state index is -0.554. The van der Waals surface area contributed by atoms with Crippen molar-refractivity contribution >= 4 is 62.3 Å². The number of ether oxygens (including phenoxy) is 2. The van der Waals surface area contributed by atoms with Crippen molar-refractivity contribution in [3.63, 3.8) is 0 Å². The normalized spacial score (nSPS) is 17.4. The minimum Gasteiger partial charge on any atom is -0.494 e. The Balaban J connectivity index is 1.80. The molecule has 220 valence electrons. The first-order chi connectivity index (χ1) is 19.5. The smallest absolute Gasteiger partial charge is 0.246 e. The van der Waals surface area contributed by atoms with Gasteiger partial charge in [-0.15, -0.1) is 0 Å². The van der Waals surface area contributed by atoms with Crippen LogP contribution in [0.25, 0.3) is 0 Å². The summed E-state index contributed by atoms with van der Waals surface area (Å²) in [7, 11) is 0. The third-order valence-corrected chi connectivity index (χ3v) is 8.12. The van der Waals surface area contributed by atoms with Crippen LogP contribution in [0.3, 0.4) is 0 Å². The van der Waals surface area contributed by atoms with Crippen LogP contribution in [0.15, 0.2) is 48.5 Å². The molecular formula is C30H42N2O4S4. The van der Waals surface area contributed by atoms with E-state index in [2.05, 4.69) is 50.5 Å². The molecule has 0 spiro atoms. The van der Waals surface area contributed by atoms with Crippen LogP contribution >= 0.6 is 50.5 Å². The van der Waals surface area contributed by atoms with Gasteiger partial charge in [-0.25, -0.2) is 0 Å². The van der Waals surface area contributed by atoms with Crippen LogP contribution in [0, 0.1) is 0 Å². The van der Waals surface area contributed by atoms with E-state index in [4.69, 9.17) is 9.47 Å². The number of carbonyl (C=O) groups excluding carboxylic acids is 2. The summed E-state index contributed by atoms with van der Waals surface area (Å²) >= 11 is 17.2. The summed E-state index contributed by atoms with van der Waals surface area (Å²) in [5.41, 5.74) is 1.98. The van der Waals surface area contributed by atoms with E-state index in [-0.39, 0.29) is 11.8 Å². The lowest BCUT2D eigenvalue weighted by Crippen LogP contribution is -2.66. The predicted molar refractivity (Wildman–Crippen MR) is 176 cm³/mol. The molecular weight excluding hydrogens is 581 g/mol. The summed E-state index contributed by atoms with van der Waals surface area (Å²) in [5, 5.41) is 0. The summed E-state index contributed by atoms with van der Waals surface area (Å²) in [6.45, 7) is 2.23. The fraction of sp³-hybridized carbons (Fsp3) is 0.533. The van der Waals surface area contributed by atoms with E-state index >= 15 is 0 Å². The number of carbonyl (C=O) groups is 2. The molecule has 10 heteroatoms. The lowest BCUT2D eigenvalue weighted by Gasteiger charge is -2.45. The number of hydrogen-bond donors (Lipinski definition) is 4. The maximum absolute atomic E-state index is 14.0. The topological polar surface area (TPSA) is 59.1 Å². The average molecular weight is 623 g/mol. The van der Waals surface area contributed by atoms with Crippen molar-refractivity contribution < 1.29 is 19.1 Å². The molecule has 0 unspecified atom stereocenters. The van der Waals surface area contributed by atoms with Crippen molar-refractivity contribution in [1.82, 2.24) is 9.80 Å². The number of amides is 2. The first-order valence-corrected chi connectivity index (χ1v) is 16.5. The fourth-order valence-electron chi connectivity index (χ4n) is 4.76. The van der Waals surface area contributed by atoms with Gasteiger partial charge in [0, 0.05) is 25.9 Å². The molecule has 0 saturated carbocycles. The second-order valence-corrected chi connectivity index (χ2v) is 11.6. The van der Waals surface area contributed by atoms with Crippen LogP contribution in [-0.4, -0.2) is 83.0 Å². The van der Waals surface area contributed by atoms with Gasteiger partial charge in [-0.3, -0.25) is 9.59 Å². The molecule has 6 nitrogen and oxygen atoms in total. The SMILES string of the molecule is O=C1[C@H](Cc2ccc(OCCCS)cc2)N(CCCS)C(=O)[C@H](Cc2ccc(OCCCS)cc2)N1CCCS. The van der Waals surface area contributed by atoms with E-state index in [0.29, 0.717) is 50.7 Å². The molecule has 1 aliphatic rings. The van der Waals surface area contributed by atoms with E-state index in [0.717, 1.165) is 59.8 Å². The van der Waals surface area contributed by atoms with Crippen molar-refractivity contribution in [2.45, 2.75) is 50.6 Å². The predicted octanol–water partition coefficient (Wildman–Crippen LogP) is 4.92. The molecule has 0 bridgehead atoms. The van der Waals surface area contributed by atoms with Gasteiger partial charge >= 0.3 is 0 Å². The molecule has 0 radical (unpaired) electrons. The van der Waals surface area contributed by atoms with Gasteiger partial charge in [-0.1, -0.05) is 24.3 Å². The highest BCUT2D eigenvalue weighted by Gasteiger charge is 2.45. The largest absolute Gasteiger partial charge is 0.494 e. The molecule has 2 aromatic carbocycles. The maximum atomic E-state index is 14.0. The van der Waals surface area contributed by atoms with E-state index in [9.17, 15) is 9.59 Å². The van der Waals surface area contributed by atoms with Crippen molar-refractivity contribution in [3.8, 4) is 11.5 Å². The van der Waals surface area contributed by atoms with Crippen molar-refractivity contribution in [3.05, 3.63) is 59.7 Å². The van der Waals surface area contributed by atoms with E-state index in [1.54, 1.807) is 9.80 Å². The quantitative estimate of drug-likeness (QED) is 0.141. The monoisotopic (exact) mass is 622 g/mol.